The molecule has 34 heavy (non-hydrogen) atoms. The van der Waals surface area contributed by atoms with Gasteiger partial charge in [0.05, 0.1) is 36.7 Å². The maximum absolute atomic E-state index is 12.7. The van der Waals surface area contributed by atoms with Gasteiger partial charge in [0.15, 0.2) is 0 Å². The Morgan fingerprint density at radius 2 is 1.85 bits per heavy atom. The summed E-state index contributed by atoms with van der Waals surface area (Å²) in [5, 5.41) is 0. The molecule has 1 aliphatic heterocycles. The van der Waals surface area contributed by atoms with Crippen LogP contribution in [-0.2, 0) is 16.0 Å². The third kappa shape index (κ3) is 6.94. The molecule has 1 fully saturated rings. The molecule has 0 saturated carbocycles. The van der Waals surface area contributed by atoms with Gasteiger partial charge in [-0.05, 0) is 57.6 Å². The van der Waals surface area contributed by atoms with Crippen molar-refractivity contribution in [1.29, 1.82) is 0 Å². The quantitative estimate of drug-likeness (QED) is 0.309. The van der Waals surface area contributed by atoms with Gasteiger partial charge in [-0.25, -0.2) is 0 Å². The summed E-state index contributed by atoms with van der Waals surface area (Å²) in [6.07, 6.45) is 9.33. The van der Waals surface area contributed by atoms with Gasteiger partial charge in [-0.15, -0.1) is 0 Å². The van der Waals surface area contributed by atoms with Gasteiger partial charge in [-0.3, -0.25) is 14.8 Å². The maximum atomic E-state index is 12.7. The molecule has 6 nitrogen and oxygen atoms in total. The summed E-state index contributed by atoms with van der Waals surface area (Å²) < 4.78 is 11.3. The molecule has 0 aliphatic carbocycles. The van der Waals surface area contributed by atoms with Gasteiger partial charge < -0.3 is 14.4 Å². The van der Waals surface area contributed by atoms with Crippen LogP contribution < -0.4 is 9.64 Å². The number of pyridine rings is 2. The summed E-state index contributed by atoms with van der Waals surface area (Å²) in [7, 11) is 0. The zero-order chi connectivity index (χ0) is 24.7. The highest BCUT2D eigenvalue weighted by Gasteiger charge is 2.29. The maximum Gasteiger partial charge on any atom is 0.310 e. The number of unbranched alkanes of at least 4 members (excludes halogenated alkanes) is 2. The van der Waals surface area contributed by atoms with Crippen LogP contribution >= 0.6 is 0 Å². The van der Waals surface area contributed by atoms with Crippen molar-refractivity contribution in [2.75, 3.05) is 24.6 Å². The van der Waals surface area contributed by atoms with Crippen molar-refractivity contribution < 1.29 is 14.3 Å². The number of ether oxygens (including phenoxy) is 2. The van der Waals surface area contributed by atoms with Crippen molar-refractivity contribution in [2.24, 2.45) is 5.41 Å². The molecule has 2 aromatic rings. The molecular formula is C28H41N3O3. The highest BCUT2D eigenvalue weighted by molar-refractivity contribution is 5.84. The second kappa shape index (κ2) is 11.7. The molecule has 0 bridgehead atoms. The van der Waals surface area contributed by atoms with Crippen LogP contribution in [0.3, 0.4) is 0 Å². The number of aromatic nitrogens is 2. The molecule has 0 N–H and O–H groups in total. The Hall–Kier alpha value is -2.63. The Morgan fingerprint density at radius 3 is 2.47 bits per heavy atom. The minimum Gasteiger partial charge on any atom is -0.492 e. The van der Waals surface area contributed by atoms with E-state index in [9.17, 15) is 4.79 Å². The molecule has 186 valence electrons. The molecule has 3 rings (SSSR count). The third-order valence-corrected chi connectivity index (χ3v) is 6.52. The van der Waals surface area contributed by atoms with Gasteiger partial charge in [0, 0.05) is 36.1 Å². The van der Waals surface area contributed by atoms with E-state index in [1.165, 1.54) is 12.8 Å². The lowest BCUT2D eigenvalue weighted by Gasteiger charge is -2.40. The summed E-state index contributed by atoms with van der Waals surface area (Å²) in [5.41, 5.74) is 4.98. The molecule has 0 unspecified atom stereocenters. The number of hydrogen-bond donors (Lipinski definition) is 0. The molecule has 2 aromatic heterocycles. The minimum absolute atomic E-state index is 0.144. The summed E-state index contributed by atoms with van der Waals surface area (Å²) in [5.74, 6) is 0.557. The number of anilines is 1. The van der Waals surface area contributed by atoms with Crippen molar-refractivity contribution in [3.8, 4) is 17.0 Å². The first-order valence-electron chi connectivity index (χ1n) is 12.7. The van der Waals surface area contributed by atoms with Gasteiger partial charge in [-0.1, -0.05) is 33.6 Å². The van der Waals surface area contributed by atoms with Crippen LogP contribution in [0.25, 0.3) is 11.3 Å². The number of hydrogen-bond acceptors (Lipinski definition) is 6. The SMILES string of the molecule is CCCCCOc1ccc(-c2cnc(C)c(CC(=O)OC(C)C)c2N2CCC(C)(C)CC2)nc1. The standard InChI is InChI=1S/C28H41N3O3/c1-7-8-9-16-33-22-10-11-25(30-18-22)24-19-29-21(4)23(17-26(32)34-20(2)3)27(24)31-14-12-28(5,6)13-15-31/h10-11,18-20H,7-9,12-17H2,1-6H3. The van der Waals surface area contributed by atoms with Crippen molar-refractivity contribution >= 4 is 11.7 Å². The van der Waals surface area contributed by atoms with E-state index in [4.69, 9.17) is 14.5 Å². The number of carbonyl (C=O) groups excluding carboxylic acids is 1. The van der Waals surface area contributed by atoms with Crippen molar-refractivity contribution in [3.05, 3.63) is 35.8 Å². The molecule has 3 heterocycles. The van der Waals surface area contributed by atoms with E-state index in [0.29, 0.717) is 12.0 Å². The number of carbonyl (C=O) groups is 1. The molecule has 1 saturated heterocycles. The van der Waals surface area contributed by atoms with Gasteiger partial charge in [0.25, 0.3) is 0 Å². The molecule has 1 aliphatic rings. The van der Waals surface area contributed by atoms with Crippen molar-refractivity contribution in [3.63, 3.8) is 0 Å². The zero-order valence-electron chi connectivity index (χ0n) is 21.8. The number of esters is 1. The minimum atomic E-state index is -0.223. The lowest BCUT2D eigenvalue weighted by atomic mass is 9.82. The monoisotopic (exact) mass is 467 g/mol. The Bertz CT molecular complexity index is 944. The molecule has 0 atom stereocenters. The lowest BCUT2D eigenvalue weighted by molar-refractivity contribution is -0.146. The highest BCUT2D eigenvalue weighted by atomic mass is 16.5. The number of nitrogens with zero attached hydrogens (tertiary/aromatic N) is 3. The van der Waals surface area contributed by atoms with Gasteiger partial charge in [-0.2, -0.15) is 0 Å². The fraction of sp³-hybridized carbons (Fsp3) is 0.607. The normalized spacial score (nSPS) is 15.4. The summed E-state index contributed by atoms with van der Waals surface area (Å²) in [6, 6.07) is 3.97. The molecular weight excluding hydrogens is 426 g/mol. The second-order valence-electron chi connectivity index (χ2n) is 10.4. The van der Waals surface area contributed by atoms with Gasteiger partial charge in [0.1, 0.15) is 5.75 Å². The van der Waals surface area contributed by atoms with E-state index in [-0.39, 0.29) is 18.5 Å². The van der Waals surface area contributed by atoms with Crippen LogP contribution in [0.2, 0.25) is 0 Å². The van der Waals surface area contributed by atoms with E-state index < -0.39 is 0 Å². The number of rotatable bonds is 10. The number of aryl methyl sites for hydroxylation is 1. The van der Waals surface area contributed by atoms with E-state index in [1.807, 2.05) is 39.1 Å². The predicted octanol–water partition coefficient (Wildman–Crippen LogP) is 6.14. The lowest BCUT2D eigenvalue weighted by Crippen LogP contribution is -2.38. The first-order valence-corrected chi connectivity index (χ1v) is 12.7. The number of piperidine rings is 1. The predicted molar refractivity (Wildman–Crippen MR) is 137 cm³/mol. The Balaban J connectivity index is 1.94. The first-order chi connectivity index (χ1) is 16.2. The molecule has 0 radical (unpaired) electrons. The summed E-state index contributed by atoms with van der Waals surface area (Å²) in [4.78, 5) is 24.4. The molecule has 0 amide bonds. The fourth-order valence-electron chi connectivity index (χ4n) is 4.35. The molecule has 0 spiro atoms. The van der Waals surface area contributed by atoms with Crippen LogP contribution in [0.4, 0.5) is 5.69 Å². The summed E-state index contributed by atoms with van der Waals surface area (Å²) >= 11 is 0. The van der Waals surface area contributed by atoms with Crippen molar-refractivity contribution in [2.45, 2.75) is 86.2 Å². The third-order valence-electron chi connectivity index (χ3n) is 6.52. The van der Waals surface area contributed by atoms with Crippen LogP contribution in [0.15, 0.2) is 24.5 Å². The Labute approximate surface area is 205 Å². The second-order valence-corrected chi connectivity index (χ2v) is 10.4. The van der Waals surface area contributed by atoms with Gasteiger partial charge in [0.2, 0.25) is 0 Å². The average molecular weight is 468 g/mol. The van der Waals surface area contributed by atoms with Gasteiger partial charge >= 0.3 is 5.97 Å². The fourth-order valence-corrected chi connectivity index (χ4v) is 4.35. The molecule has 6 heteroatoms. The highest BCUT2D eigenvalue weighted by Crippen LogP contribution is 2.39. The van der Waals surface area contributed by atoms with E-state index in [1.54, 1.807) is 6.20 Å². The van der Waals surface area contributed by atoms with Crippen molar-refractivity contribution in [1.82, 2.24) is 9.97 Å². The zero-order valence-corrected chi connectivity index (χ0v) is 21.8. The topological polar surface area (TPSA) is 64.6 Å². The summed E-state index contributed by atoms with van der Waals surface area (Å²) in [6.45, 7) is 15.1. The van der Waals surface area contributed by atoms with Crippen LogP contribution in [0.1, 0.15) is 78.0 Å². The van der Waals surface area contributed by atoms with E-state index >= 15 is 0 Å². The average Bonchev–Trinajstić information content (AvgIpc) is 2.78. The smallest absolute Gasteiger partial charge is 0.310 e. The largest absolute Gasteiger partial charge is 0.492 e. The van der Waals surface area contributed by atoms with E-state index in [0.717, 1.165) is 66.3 Å². The van der Waals surface area contributed by atoms with Crippen LogP contribution in [0.5, 0.6) is 5.75 Å². The Kier molecular flexibility index (Phi) is 8.92. The first kappa shape index (κ1) is 26.0. The van der Waals surface area contributed by atoms with E-state index in [2.05, 4.69) is 30.7 Å². The Morgan fingerprint density at radius 1 is 1.12 bits per heavy atom. The van der Waals surface area contributed by atoms with Crippen LogP contribution in [-0.4, -0.2) is 41.7 Å². The molecule has 0 aromatic carbocycles. The van der Waals surface area contributed by atoms with Crippen LogP contribution in [0, 0.1) is 12.3 Å².